The van der Waals surface area contributed by atoms with Crippen LogP contribution in [0.2, 0.25) is 0 Å². The van der Waals surface area contributed by atoms with Crippen LogP contribution >= 0.6 is 0 Å². The van der Waals surface area contributed by atoms with Crippen molar-refractivity contribution in [1.82, 2.24) is 0 Å². The minimum absolute atomic E-state index is 0. The van der Waals surface area contributed by atoms with E-state index >= 15 is 0 Å². The maximum Gasteiger partial charge on any atom is 1.00 e. The Hall–Kier alpha value is -0.740. The average molecular weight is 487 g/mol. The molecule has 0 rings (SSSR count). The maximum absolute atomic E-state index is 11.6. The van der Waals surface area contributed by atoms with Crippen LogP contribution in [0, 0.1) is 0 Å². The van der Waals surface area contributed by atoms with Crippen molar-refractivity contribution >= 4 is 28.3 Å². The van der Waals surface area contributed by atoms with Gasteiger partial charge in [-0.3, -0.25) is 18.9 Å². The fraction of sp³-hybridized carbons (Fsp3) is 0.773. The molecule has 0 aliphatic heterocycles. The monoisotopic (exact) mass is 486 g/mol. The largest absolute Gasteiger partial charge is 1.00 e. The summed E-state index contributed by atoms with van der Waals surface area (Å²) in [6.45, 7) is 2.23. The van der Waals surface area contributed by atoms with Crippen molar-refractivity contribution in [1.29, 1.82) is 0 Å². The molecular weight excluding hydrogens is 447 g/mol. The second-order valence-electron chi connectivity index (χ2n) is 7.56. The first-order chi connectivity index (χ1) is 14.7. The van der Waals surface area contributed by atoms with Gasteiger partial charge in [-0.05, 0) is 32.1 Å². The van der Waals surface area contributed by atoms with Crippen LogP contribution < -0.4 is 29.6 Å². The summed E-state index contributed by atoms with van der Waals surface area (Å²) in [7, 11) is -4.90. The van der Waals surface area contributed by atoms with Crippen LogP contribution in [0.1, 0.15) is 111 Å². The summed E-state index contributed by atoms with van der Waals surface area (Å²) in [4.78, 5) is 34.0. The molecule has 0 amide bonds. The molecule has 0 aromatic heterocycles. The quantitative estimate of drug-likeness (QED) is 0.0737. The van der Waals surface area contributed by atoms with Gasteiger partial charge in [0, 0.05) is 6.42 Å². The third-order valence-corrected chi connectivity index (χ3v) is 5.00. The normalized spacial score (nSPS) is 11.2. The molecule has 0 saturated carbocycles. The van der Waals surface area contributed by atoms with E-state index in [9.17, 15) is 22.8 Å². The van der Waals surface area contributed by atoms with Crippen LogP contribution in [0.4, 0.5) is 0 Å². The summed E-state index contributed by atoms with van der Waals surface area (Å²) in [6, 6.07) is 0. The Labute approximate surface area is 216 Å². The molecule has 0 aromatic rings. The van der Waals surface area contributed by atoms with Gasteiger partial charge < -0.3 is 10.3 Å². The molecular formula is C22H39NaO8S. The van der Waals surface area contributed by atoms with E-state index in [0.29, 0.717) is 6.42 Å². The molecule has 32 heavy (non-hydrogen) atoms. The van der Waals surface area contributed by atoms with Crippen molar-refractivity contribution in [3.8, 4) is 0 Å². The predicted octanol–water partition coefficient (Wildman–Crippen LogP) is 2.34. The van der Waals surface area contributed by atoms with Crippen molar-refractivity contribution in [2.24, 2.45) is 0 Å². The molecule has 0 radical (unpaired) electrons. The van der Waals surface area contributed by atoms with Crippen LogP contribution in [0.15, 0.2) is 12.2 Å². The second kappa shape index (κ2) is 22.1. The number of hydrogen-bond donors (Lipinski definition) is 1. The molecule has 0 atom stereocenters. The molecule has 182 valence electrons. The van der Waals surface area contributed by atoms with Crippen LogP contribution in [0.3, 0.4) is 0 Å². The van der Waals surface area contributed by atoms with Gasteiger partial charge in [0.25, 0.3) is 0 Å². The van der Waals surface area contributed by atoms with Gasteiger partial charge in [0.05, 0.1) is 12.8 Å². The van der Waals surface area contributed by atoms with E-state index in [2.05, 4.69) is 28.0 Å². The smallest absolute Gasteiger partial charge is 1.00 e. The van der Waals surface area contributed by atoms with Crippen molar-refractivity contribution in [2.75, 3.05) is 0 Å². The van der Waals surface area contributed by atoms with Gasteiger partial charge in [-0.2, -0.15) is 8.42 Å². The molecule has 0 aliphatic rings. The number of allylic oxidation sites excluding steroid dienone is 2. The predicted molar refractivity (Wildman–Crippen MR) is 119 cm³/mol. The van der Waals surface area contributed by atoms with E-state index in [4.69, 9.17) is 4.55 Å². The Morgan fingerprint density at radius 1 is 0.719 bits per heavy atom. The molecule has 0 fully saturated rings. The first kappa shape index (κ1) is 33.4. The van der Waals surface area contributed by atoms with Gasteiger partial charge in [0.15, 0.2) is 0 Å². The van der Waals surface area contributed by atoms with Crippen molar-refractivity contribution in [3.05, 3.63) is 12.2 Å². The number of carbonyl (C=O) groups is 3. The van der Waals surface area contributed by atoms with Crippen molar-refractivity contribution in [2.45, 2.75) is 110 Å². The first-order valence-corrected chi connectivity index (χ1v) is 12.7. The standard InChI is InChI=1S/C22H38O8S.Na.H/c1-2-3-4-5-6-7-8-9-10-11-12-13-14-15-16-17-20(23)29-21(24)18-19-22(25)30-31(26,27)28;;/h9-10H,2-8,11-19H2,1H3,(H,26,27,28);;/q;+1;-1. The Morgan fingerprint density at radius 3 is 1.69 bits per heavy atom. The van der Waals surface area contributed by atoms with Gasteiger partial charge in [0.1, 0.15) is 0 Å². The Kier molecular flexibility index (Phi) is 23.1. The summed E-state index contributed by atoms with van der Waals surface area (Å²) in [6.07, 6.45) is 18.4. The van der Waals surface area contributed by atoms with Crippen LogP contribution in [-0.4, -0.2) is 30.9 Å². The van der Waals surface area contributed by atoms with E-state index in [1.807, 2.05) is 0 Å². The molecule has 0 aromatic carbocycles. The maximum atomic E-state index is 11.6. The number of rotatable bonds is 19. The zero-order valence-corrected chi connectivity index (χ0v) is 22.5. The third-order valence-electron chi connectivity index (χ3n) is 4.60. The minimum Gasteiger partial charge on any atom is -1.00 e. The number of unbranched alkanes of at least 4 members (excludes halogenated alkanes) is 11. The fourth-order valence-electron chi connectivity index (χ4n) is 2.93. The van der Waals surface area contributed by atoms with Gasteiger partial charge in [-0.25, -0.2) is 0 Å². The molecule has 0 saturated heterocycles. The minimum atomic E-state index is -4.90. The summed E-state index contributed by atoms with van der Waals surface area (Å²) >= 11 is 0. The third kappa shape index (κ3) is 25.5. The molecule has 8 nitrogen and oxygen atoms in total. The van der Waals surface area contributed by atoms with E-state index in [-0.39, 0.29) is 37.4 Å². The molecule has 10 heteroatoms. The Bertz CT molecular complexity index is 653. The second-order valence-corrected chi connectivity index (χ2v) is 8.59. The number of esters is 2. The molecule has 0 bridgehead atoms. The van der Waals surface area contributed by atoms with E-state index in [1.165, 1.54) is 38.5 Å². The van der Waals surface area contributed by atoms with Crippen molar-refractivity contribution in [3.63, 3.8) is 0 Å². The molecule has 0 heterocycles. The SMILES string of the molecule is CCCCCCCCC=CCCCCCCCC(=O)OC(=O)CCC(=O)OS(=O)(=O)O.[H-].[Na+]. The van der Waals surface area contributed by atoms with Gasteiger partial charge in [-0.1, -0.05) is 70.4 Å². The molecule has 0 unspecified atom stereocenters. The molecule has 0 aliphatic carbocycles. The van der Waals surface area contributed by atoms with Crippen LogP contribution in [-0.2, 0) is 33.7 Å². The molecule has 1 N–H and O–H groups in total. The summed E-state index contributed by atoms with van der Waals surface area (Å²) < 4.78 is 37.2. The zero-order valence-electron chi connectivity index (χ0n) is 20.7. The van der Waals surface area contributed by atoms with Gasteiger partial charge >= 0.3 is 57.9 Å². The van der Waals surface area contributed by atoms with E-state index in [1.54, 1.807) is 0 Å². The Morgan fingerprint density at radius 2 is 1.16 bits per heavy atom. The van der Waals surface area contributed by atoms with Crippen LogP contribution in [0.25, 0.3) is 0 Å². The average Bonchev–Trinajstić information content (AvgIpc) is 2.68. The van der Waals surface area contributed by atoms with E-state index in [0.717, 1.165) is 38.5 Å². The van der Waals surface area contributed by atoms with E-state index < -0.39 is 41.1 Å². The van der Waals surface area contributed by atoms with Gasteiger partial charge in [-0.15, -0.1) is 0 Å². The Balaban J connectivity index is -0.00000450. The summed E-state index contributed by atoms with van der Waals surface area (Å²) in [5.74, 6) is -2.92. The fourth-order valence-corrected chi connectivity index (χ4v) is 3.25. The summed E-state index contributed by atoms with van der Waals surface area (Å²) in [5, 5.41) is 0. The summed E-state index contributed by atoms with van der Waals surface area (Å²) in [5.41, 5.74) is 0. The topological polar surface area (TPSA) is 124 Å². The number of ether oxygens (including phenoxy) is 1. The molecule has 0 spiro atoms. The van der Waals surface area contributed by atoms with Crippen LogP contribution in [0.5, 0.6) is 0 Å². The number of carbonyl (C=O) groups excluding carboxylic acids is 3. The van der Waals surface area contributed by atoms with Gasteiger partial charge in [0.2, 0.25) is 0 Å². The van der Waals surface area contributed by atoms with Crippen molar-refractivity contribution < 1.29 is 67.3 Å². The zero-order chi connectivity index (χ0) is 23.4. The number of hydrogen-bond acceptors (Lipinski definition) is 7. The first-order valence-electron chi connectivity index (χ1n) is 11.3.